The van der Waals surface area contributed by atoms with Gasteiger partial charge in [0.05, 0.1) is 12.6 Å². The lowest BCUT2D eigenvalue weighted by Crippen LogP contribution is -2.24. The summed E-state index contributed by atoms with van der Waals surface area (Å²) < 4.78 is 11.1. The molecule has 3 nitrogen and oxygen atoms in total. The first kappa shape index (κ1) is 12.3. The lowest BCUT2D eigenvalue weighted by atomic mass is 10.2. The van der Waals surface area contributed by atoms with Gasteiger partial charge in [0.15, 0.2) is 0 Å². The van der Waals surface area contributed by atoms with E-state index in [4.69, 9.17) is 9.15 Å². The zero-order valence-corrected chi connectivity index (χ0v) is 9.88. The van der Waals surface area contributed by atoms with Gasteiger partial charge in [0, 0.05) is 13.0 Å². The fraction of sp³-hybridized carbons (Fsp3) is 0.667. The van der Waals surface area contributed by atoms with Crippen molar-refractivity contribution in [3.8, 4) is 0 Å². The first-order chi connectivity index (χ1) is 7.31. The molecule has 3 heteroatoms. The zero-order valence-electron chi connectivity index (χ0n) is 9.88. The molecule has 86 valence electrons. The van der Waals surface area contributed by atoms with Crippen LogP contribution >= 0.6 is 0 Å². The van der Waals surface area contributed by atoms with Crippen molar-refractivity contribution < 1.29 is 9.15 Å². The Hall–Kier alpha value is -0.800. The summed E-state index contributed by atoms with van der Waals surface area (Å²) >= 11 is 0. The Kier molecular flexibility index (Phi) is 5.43. The van der Waals surface area contributed by atoms with E-state index < -0.39 is 0 Å². The number of hydrogen-bond donors (Lipinski definition) is 1. The van der Waals surface area contributed by atoms with Gasteiger partial charge in [-0.25, -0.2) is 0 Å². The molecule has 1 N–H and O–H groups in total. The molecule has 0 aliphatic carbocycles. The van der Waals surface area contributed by atoms with E-state index in [-0.39, 0.29) is 6.04 Å². The summed E-state index contributed by atoms with van der Waals surface area (Å²) in [5, 5.41) is 3.35. The molecule has 1 aromatic rings. The van der Waals surface area contributed by atoms with E-state index in [1.165, 1.54) is 0 Å². The molecule has 1 unspecified atom stereocenters. The van der Waals surface area contributed by atoms with Crippen LogP contribution in [-0.2, 0) is 11.2 Å². The number of ether oxygens (including phenoxy) is 1. The van der Waals surface area contributed by atoms with Crippen LogP contribution in [0.4, 0.5) is 0 Å². The number of rotatable bonds is 7. The molecular weight excluding hydrogens is 190 g/mol. The largest absolute Gasteiger partial charge is 0.464 e. The molecule has 0 spiro atoms. The topological polar surface area (TPSA) is 34.4 Å². The van der Waals surface area contributed by atoms with Gasteiger partial charge in [-0.1, -0.05) is 13.8 Å². The Labute approximate surface area is 91.8 Å². The number of aryl methyl sites for hydroxylation is 1. The molecule has 0 radical (unpaired) electrons. The third-order valence-corrected chi connectivity index (χ3v) is 2.31. The zero-order chi connectivity index (χ0) is 11.1. The Morgan fingerprint density at radius 2 is 2.13 bits per heavy atom. The van der Waals surface area contributed by atoms with Crippen molar-refractivity contribution in [3.63, 3.8) is 0 Å². The van der Waals surface area contributed by atoms with Crippen LogP contribution in [0.25, 0.3) is 0 Å². The Morgan fingerprint density at radius 3 is 2.67 bits per heavy atom. The molecule has 1 atom stereocenters. The van der Waals surface area contributed by atoms with Crippen molar-refractivity contribution >= 4 is 0 Å². The van der Waals surface area contributed by atoms with E-state index in [9.17, 15) is 0 Å². The highest BCUT2D eigenvalue weighted by atomic mass is 16.5. The van der Waals surface area contributed by atoms with Crippen molar-refractivity contribution in [3.05, 3.63) is 23.7 Å². The van der Waals surface area contributed by atoms with E-state index >= 15 is 0 Å². The van der Waals surface area contributed by atoms with Gasteiger partial charge in [0.25, 0.3) is 0 Å². The maximum absolute atomic E-state index is 5.70. The maximum atomic E-state index is 5.70. The molecule has 0 bridgehead atoms. The van der Waals surface area contributed by atoms with Crippen molar-refractivity contribution in [1.82, 2.24) is 5.32 Å². The highest BCUT2D eigenvalue weighted by Crippen LogP contribution is 2.17. The van der Waals surface area contributed by atoms with Crippen molar-refractivity contribution in [2.45, 2.75) is 33.2 Å². The van der Waals surface area contributed by atoms with Crippen LogP contribution in [0, 0.1) is 0 Å². The second-order valence-corrected chi connectivity index (χ2v) is 3.43. The molecular formula is C12H21NO2. The number of hydrogen-bond acceptors (Lipinski definition) is 3. The summed E-state index contributed by atoms with van der Waals surface area (Å²) in [7, 11) is 0. The third kappa shape index (κ3) is 3.68. The fourth-order valence-corrected chi connectivity index (χ4v) is 1.50. The van der Waals surface area contributed by atoms with E-state index in [1.54, 1.807) is 0 Å². The van der Waals surface area contributed by atoms with Gasteiger partial charge in [0.1, 0.15) is 11.5 Å². The van der Waals surface area contributed by atoms with E-state index in [0.717, 1.165) is 31.1 Å². The van der Waals surface area contributed by atoms with Gasteiger partial charge in [-0.15, -0.1) is 0 Å². The minimum atomic E-state index is 0.176. The van der Waals surface area contributed by atoms with Gasteiger partial charge in [-0.3, -0.25) is 0 Å². The smallest absolute Gasteiger partial charge is 0.123 e. The summed E-state index contributed by atoms with van der Waals surface area (Å²) in [6.07, 6.45) is 0.938. The van der Waals surface area contributed by atoms with Crippen LogP contribution in [0.2, 0.25) is 0 Å². The average Bonchev–Trinajstić information content (AvgIpc) is 2.72. The maximum Gasteiger partial charge on any atom is 0.123 e. The normalized spacial score (nSPS) is 13.0. The van der Waals surface area contributed by atoms with Crippen LogP contribution in [0.15, 0.2) is 16.5 Å². The molecule has 0 aromatic carbocycles. The number of likely N-dealkylation sites (N-methyl/N-ethyl adjacent to an activating group) is 1. The van der Waals surface area contributed by atoms with Gasteiger partial charge in [0.2, 0.25) is 0 Å². The lowest BCUT2D eigenvalue weighted by molar-refractivity contribution is 0.116. The highest BCUT2D eigenvalue weighted by molar-refractivity contribution is 5.10. The molecule has 0 fully saturated rings. The van der Waals surface area contributed by atoms with Crippen molar-refractivity contribution in [2.24, 2.45) is 0 Å². The van der Waals surface area contributed by atoms with Crippen LogP contribution in [0.5, 0.6) is 0 Å². The number of furan rings is 1. The quantitative estimate of drug-likeness (QED) is 0.752. The van der Waals surface area contributed by atoms with Crippen LogP contribution in [-0.4, -0.2) is 19.8 Å². The Bertz CT molecular complexity index is 270. The summed E-state index contributed by atoms with van der Waals surface area (Å²) in [4.78, 5) is 0. The molecule has 0 aliphatic rings. The fourth-order valence-electron chi connectivity index (χ4n) is 1.50. The molecule has 0 saturated carbocycles. The van der Waals surface area contributed by atoms with Crippen molar-refractivity contribution in [1.29, 1.82) is 0 Å². The van der Waals surface area contributed by atoms with E-state index in [2.05, 4.69) is 19.2 Å². The van der Waals surface area contributed by atoms with Gasteiger partial charge < -0.3 is 14.5 Å². The Morgan fingerprint density at radius 1 is 1.33 bits per heavy atom. The summed E-state index contributed by atoms with van der Waals surface area (Å²) in [5.74, 6) is 2.01. The second-order valence-electron chi connectivity index (χ2n) is 3.43. The first-order valence-electron chi connectivity index (χ1n) is 5.71. The Balaban J connectivity index is 2.60. The molecule has 0 aliphatic heterocycles. The van der Waals surface area contributed by atoms with Gasteiger partial charge in [-0.05, 0) is 25.6 Å². The van der Waals surface area contributed by atoms with Crippen LogP contribution < -0.4 is 5.32 Å². The lowest BCUT2D eigenvalue weighted by Gasteiger charge is -2.15. The summed E-state index contributed by atoms with van der Waals surface area (Å²) in [5.41, 5.74) is 0. The number of nitrogens with one attached hydrogen (secondary N) is 1. The molecule has 1 aromatic heterocycles. The van der Waals surface area contributed by atoms with Gasteiger partial charge >= 0.3 is 0 Å². The van der Waals surface area contributed by atoms with Crippen molar-refractivity contribution in [2.75, 3.05) is 19.8 Å². The van der Waals surface area contributed by atoms with Crippen LogP contribution in [0.3, 0.4) is 0 Å². The molecule has 15 heavy (non-hydrogen) atoms. The minimum absolute atomic E-state index is 0.176. The SMILES string of the molecule is CCNC(COCC)c1ccc(CC)o1. The van der Waals surface area contributed by atoms with Crippen LogP contribution in [0.1, 0.15) is 38.3 Å². The van der Waals surface area contributed by atoms with E-state index in [1.807, 2.05) is 19.1 Å². The molecule has 1 rings (SSSR count). The average molecular weight is 211 g/mol. The molecule has 0 amide bonds. The second kappa shape index (κ2) is 6.64. The summed E-state index contributed by atoms with van der Waals surface area (Å²) in [6, 6.07) is 4.24. The van der Waals surface area contributed by atoms with E-state index in [0.29, 0.717) is 6.61 Å². The summed E-state index contributed by atoms with van der Waals surface area (Å²) in [6.45, 7) is 8.50. The monoisotopic (exact) mass is 211 g/mol. The predicted molar refractivity (Wildman–Crippen MR) is 61.0 cm³/mol. The standard InChI is InChI=1S/C12H21NO2/c1-4-10-7-8-12(15-10)11(13-5-2)9-14-6-3/h7-8,11,13H,4-6,9H2,1-3H3. The first-order valence-corrected chi connectivity index (χ1v) is 5.71. The molecule has 1 heterocycles. The highest BCUT2D eigenvalue weighted by Gasteiger charge is 2.14. The minimum Gasteiger partial charge on any atom is -0.464 e. The molecule has 0 saturated heterocycles. The predicted octanol–water partition coefficient (Wildman–Crippen LogP) is 2.53. The van der Waals surface area contributed by atoms with Gasteiger partial charge in [-0.2, -0.15) is 0 Å². The third-order valence-electron chi connectivity index (χ3n) is 2.31.